The molecule has 6 nitrogen and oxygen atoms in total. The largest absolute Gasteiger partial charge is 0.349 e. The molecule has 3 rings (SSSR count). The second-order valence-corrected chi connectivity index (χ2v) is 6.82. The van der Waals surface area contributed by atoms with Gasteiger partial charge in [0.2, 0.25) is 11.8 Å². The van der Waals surface area contributed by atoms with E-state index in [2.05, 4.69) is 10.4 Å². The third-order valence-electron chi connectivity index (χ3n) is 4.97. The van der Waals surface area contributed by atoms with E-state index in [-0.39, 0.29) is 30.8 Å². The number of benzene rings is 1. The number of nitrogens with zero attached hydrogens (tertiary/aromatic N) is 3. The number of halogens is 1. The molecule has 2 amide bonds. The monoisotopic (exact) mass is 358 g/mol. The van der Waals surface area contributed by atoms with Crippen LogP contribution in [0, 0.1) is 25.6 Å². The maximum Gasteiger partial charge on any atom is 0.227 e. The Morgan fingerprint density at radius 3 is 2.73 bits per heavy atom. The molecule has 0 spiro atoms. The van der Waals surface area contributed by atoms with E-state index in [1.807, 2.05) is 27.8 Å². The van der Waals surface area contributed by atoms with E-state index in [0.717, 1.165) is 17.0 Å². The summed E-state index contributed by atoms with van der Waals surface area (Å²) in [6.07, 6.45) is 0.125. The van der Waals surface area contributed by atoms with Crippen molar-refractivity contribution in [2.75, 3.05) is 11.4 Å². The van der Waals surface area contributed by atoms with Crippen LogP contribution in [-0.4, -0.2) is 28.1 Å². The number of nitrogens with one attached hydrogen (secondary N) is 1. The predicted molar refractivity (Wildman–Crippen MR) is 96.1 cm³/mol. The summed E-state index contributed by atoms with van der Waals surface area (Å²) in [7, 11) is 1.87. The number of anilines is 1. The number of hydrogen-bond donors (Lipinski definition) is 1. The first-order valence-electron chi connectivity index (χ1n) is 8.64. The summed E-state index contributed by atoms with van der Waals surface area (Å²) in [6, 6.07) is 5.67. The zero-order chi connectivity index (χ0) is 19.0. The Morgan fingerprint density at radius 2 is 2.12 bits per heavy atom. The molecule has 1 aliphatic heterocycles. The number of aromatic nitrogens is 2. The molecular weight excluding hydrogens is 335 g/mol. The maximum absolute atomic E-state index is 13.4. The minimum Gasteiger partial charge on any atom is -0.349 e. The Kier molecular flexibility index (Phi) is 4.80. The first-order chi connectivity index (χ1) is 12.3. The van der Waals surface area contributed by atoms with Gasteiger partial charge in [0.25, 0.3) is 0 Å². The highest BCUT2D eigenvalue weighted by Crippen LogP contribution is 2.27. The topological polar surface area (TPSA) is 67.2 Å². The summed E-state index contributed by atoms with van der Waals surface area (Å²) < 4.78 is 15.2. The molecule has 0 saturated carbocycles. The molecule has 2 heterocycles. The first-order valence-corrected chi connectivity index (χ1v) is 8.64. The van der Waals surface area contributed by atoms with Gasteiger partial charge in [-0.1, -0.05) is 6.07 Å². The highest BCUT2D eigenvalue weighted by Gasteiger charge is 2.36. The molecule has 1 fully saturated rings. The van der Waals surface area contributed by atoms with Crippen molar-refractivity contribution in [3.63, 3.8) is 0 Å². The van der Waals surface area contributed by atoms with E-state index in [9.17, 15) is 14.0 Å². The average Bonchev–Trinajstić information content (AvgIpc) is 3.07. The maximum atomic E-state index is 13.4. The standard InChI is InChI=1S/C19H23FN4O2/c1-11(18-12(2)22-23(4)13(18)3)21-19(26)14-8-17(25)24(10-14)16-7-5-6-15(20)9-16/h5-7,9,11,14H,8,10H2,1-4H3,(H,21,26)/t11-,14+/m1/s1. The van der Waals surface area contributed by atoms with Gasteiger partial charge in [-0.2, -0.15) is 5.10 Å². The van der Waals surface area contributed by atoms with Crippen LogP contribution in [-0.2, 0) is 16.6 Å². The number of rotatable bonds is 4. The number of aryl methyl sites for hydroxylation is 2. The minimum absolute atomic E-state index is 0.125. The van der Waals surface area contributed by atoms with Crippen molar-refractivity contribution in [1.29, 1.82) is 0 Å². The van der Waals surface area contributed by atoms with Gasteiger partial charge >= 0.3 is 0 Å². The lowest BCUT2D eigenvalue weighted by Gasteiger charge is -2.19. The Morgan fingerprint density at radius 1 is 1.38 bits per heavy atom. The lowest BCUT2D eigenvalue weighted by Crippen LogP contribution is -2.35. The van der Waals surface area contributed by atoms with Crippen molar-refractivity contribution in [3.05, 3.63) is 47.0 Å². The van der Waals surface area contributed by atoms with Gasteiger partial charge in [-0.3, -0.25) is 14.3 Å². The van der Waals surface area contributed by atoms with Crippen LogP contribution in [0.4, 0.5) is 10.1 Å². The fraction of sp³-hybridized carbons (Fsp3) is 0.421. The van der Waals surface area contributed by atoms with Crippen molar-refractivity contribution in [2.45, 2.75) is 33.2 Å². The Labute approximate surface area is 152 Å². The first kappa shape index (κ1) is 18.1. The predicted octanol–water partition coefficient (Wildman–Crippen LogP) is 2.41. The number of hydrogen-bond acceptors (Lipinski definition) is 3. The van der Waals surface area contributed by atoms with E-state index in [4.69, 9.17) is 0 Å². The third kappa shape index (κ3) is 3.34. The van der Waals surface area contributed by atoms with Crippen LogP contribution in [0.3, 0.4) is 0 Å². The van der Waals surface area contributed by atoms with Gasteiger partial charge in [0.1, 0.15) is 5.82 Å². The second-order valence-electron chi connectivity index (χ2n) is 6.82. The lowest BCUT2D eigenvalue weighted by molar-refractivity contribution is -0.126. The molecule has 1 N–H and O–H groups in total. The molecule has 7 heteroatoms. The zero-order valence-corrected chi connectivity index (χ0v) is 15.4. The van der Waals surface area contributed by atoms with E-state index in [1.54, 1.807) is 16.8 Å². The molecule has 2 aromatic rings. The molecule has 1 aliphatic rings. The highest BCUT2D eigenvalue weighted by atomic mass is 19.1. The summed E-state index contributed by atoms with van der Waals surface area (Å²) in [5.41, 5.74) is 3.35. The van der Waals surface area contributed by atoms with E-state index in [1.165, 1.54) is 17.0 Å². The number of amides is 2. The zero-order valence-electron chi connectivity index (χ0n) is 15.4. The van der Waals surface area contributed by atoms with Crippen LogP contribution in [0.2, 0.25) is 0 Å². The molecule has 138 valence electrons. The van der Waals surface area contributed by atoms with Crippen LogP contribution >= 0.6 is 0 Å². The molecule has 1 saturated heterocycles. The smallest absolute Gasteiger partial charge is 0.227 e. The average molecular weight is 358 g/mol. The Balaban J connectivity index is 1.70. The fourth-order valence-electron chi connectivity index (χ4n) is 3.60. The van der Waals surface area contributed by atoms with Crippen LogP contribution in [0.25, 0.3) is 0 Å². The second kappa shape index (κ2) is 6.90. The third-order valence-corrected chi connectivity index (χ3v) is 4.97. The van der Waals surface area contributed by atoms with Crippen molar-refractivity contribution < 1.29 is 14.0 Å². The summed E-state index contributed by atoms with van der Waals surface area (Å²) in [5.74, 6) is -1.20. The molecule has 1 aromatic heterocycles. The van der Waals surface area contributed by atoms with Crippen molar-refractivity contribution >= 4 is 17.5 Å². The molecule has 0 bridgehead atoms. The van der Waals surface area contributed by atoms with Crippen LogP contribution in [0.1, 0.15) is 36.3 Å². The summed E-state index contributed by atoms with van der Waals surface area (Å²) in [6.45, 7) is 6.04. The van der Waals surface area contributed by atoms with Crippen molar-refractivity contribution in [2.24, 2.45) is 13.0 Å². The molecular formula is C19H23FN4O2. The van der Waals surface area contributed by atoms with Crippen LogP contribution in [0.15, 0.2) is 24.3 Å². The molecule has 0 unspecified atom stereocenters. The summed E-state index contributed by atoms with van der Waals surface area (Å²) >= 11 is 0. The fourth-order valence-corrected chi connectivity index (χ4v) is 3.60. The van der Waals surface area contributed by atoms with E-state index >= 15 is 0 Å². The van der Waals surface area contributed by atoms with Gasteiger partial charge in [-0.25, -0.2) is 4.39 Å². The summed E-state index contributed by atoms with van der Waals surface area (Å²) in [5, 5.41) is 7.37. The van der Waals surface area contributed by atoms with Crippen LogP contribution in [0.5, 0.6) is 0 Å². The SMILES string of the molecule is Cc1nn(C)c(C)c1[C@@H](C)NC(=O)[C@H]1CC(=O)N(c2cccc(F)c2)C1. The van der Waals surface area contributed by atoms with Gasteiger partial charge in [-0.05, 0) is 39.0 Å². The molecule has 26 heavy (non-hydrogen) atoms. The molecule has 2 atom stereocenters. The Hall–Kier alpha value is -2.70. The van der Waals surface area contributed by atoms with E-state index < -0.39 is 11.7 Å². The van der Waals surface area contributed by atoms with Crippen LogP contribution < -0.4 is 10.2 Å². The normalized spacial score (nSPS) is 18.3. The lowest BCUT2D eigenvalue weighted by atomic mass is 10.0. The minimum atomic E-state index is -0.453. The Bertz CT molecular complexity index is 861. The van der Waals surface area contributed by atoms with E-state index in [0.29, 0.717) is 5.69 Å². The number of carbonyl (C=O) groups is 2. The van der Waals surface area contributed by atoms with Gasteiger partial charge in [0, 0.05) is 37.0 Å². The van der Waals surface area contributed by atoms with Gasteiger partial charge in [0.05, 0.1) is 17.7 Å². The summed E-state index contributed by atoms with van der Waals surface area (Å²) in [4.78, 5) is 26.4. The van der Waals surface area contributed by atoms with Crippen molar-refractivity contribution in [1.82, 2.24) is 15.1 Å². The molecule has 0 radical (unpaired) electrons. The quantitative estimate of drug-likeness (QED) is 0.913. The highest BCUT2D eigenvalue weighted by molar-refractivity contribution is 6.00. The van der Waals surface area contributed by atoms with Gasteiger partial charge < -0.3 is 10.2 Å². The van der Waals surface area contributed by atoms with Crippen molar-refractivity contribution in [3.8, 4) is 0 Å². The number of carbonyl (C=O) groups excluding carboxylic acids is 2. The van der Waals surface area contributed by atoms with Gasteiger partial charge in [-0.15, -0.1) is 0 Å². The van der Waals surface area contributed by atoms with Gasteiger partial charge in [0.15, 0.2) is 0 Å². The molecule has 1 aromatic carbocycles. The molecule has 0 aliphatic carbocycles.